The molecular weight excluding hydrogens is 320 g/mol. The molecule has 132 valence electrons. The fraction of sp³-hybridized carbons (Fsp3) is 0.650. The Morgan fingerprint density at radius 3 is 2.33 bits per heavy atom. The molecule has 1 amide bonds. The van der Waals surface area contributed by atoms with Crippen LogP contribution in [0.1, 0.15) is 61.7 Å². The van der Waals surface area contributed by atoms with Gasteiger partial charge in [-0.05, 0) is 75.9 Å². The lowest BCUT2D eigenvalue weighted by molar-refractivity contribution is 0.0584. The van der Waals surface area contributed by atoms with Gasteiger partial charge in [0.15, 0.2) is 0 Å². The topological polar surface area (TPSA) is 23.6 Å². The normalized spacial score (nSPS) is 23.0. The Morgan fingerprint density at radius 1 is 0.958 bits per heavy atom. The van der Waals surface area contributed by atoms with Crippen molar-refractivity contribution >= 4 is 17.5 Å². The molecule has 1 aromatic rings. The Morgan fingerprint density at radius 2 is 1.62 bits per heavy atom. The van der Waals surface area contributed by atoms with Gasteiger partial charge in [-0.2, -0.15) is 0 Å². The third-order valence-electron chi connectivity index (χ3n) is 5.46. The second kappa shape index (κ2) is 8.87. The first-order valence-electron chi connectivity index (χ1n) is 9.53. The van der Waals surface area contributed by atoms with E-state index in [0.29, 0.717) is 11.1 Å². The molecule has 3 rings (SSSR count). The Kier molecular flexibility index (Phi) is 6.56. The number of piperidine rings is 1. The van der Waals surface area contributed by atoms with Crippen LogP contribution in [-0.2, 0) is 0 Å². The van der Waals surface area contributed by atoms with Gasteiger partial charge in [0.25, 0.3) is 5.91 Å². The van der Waals surface area contributed by atoms with Gasteiger partial charge in [0.1, 0.15) is 0 Å². The first-order chi connectivity index (χ1) is 11.7. The predicted octanol–water partition coefficient (Wildman–Crippen LogP) is 4.60. The molecule has 0 radical (unpaired) electrons. The minimum Gasteiger partial charge on any atom is -0.336 e. The van der Waals surface area contributed by atoms with Crippen molar-refractivity contribution in [2.24, 2.45) is 0 Å². The molecular formula is C20H29ClN2O. The Hall–Kier alpha value is -1.06. The standard InChI is InChI=1S/C20H29ClN2O/c21-18-10-8-17(9-11-18)20(24)23-15-6-3-7-19(23)12-16-22-13-4-1-2-5-14-22/h8-11,19H,1-7,12-16H2. The summed E-state index contributed by atoms with van der Waals surface area (Å²) in [7, 11) is 0. The largest absolute Gasteiger partial charge is 0.336 e. The number of nitrogens with zero attached hydrogens (tertiary/aromatic N) is 2. The van der Waals surface area contributed by atoms with Crippen molar-refractivity contribution in [3.05, 3.63) is 34.9 Å². The minimum absolute atomic E-state index is 0.173. The van der Waals surface area contributed by atoms with E-state index in [1.54, 1.807) is 0 Å². The number of halogens is 1. The van der Waals surface area contributed by atoms with Gasteiger partial charge in [-0.3, -0.25) is 4.79 Å². The SMILES string of the molecule is O=C(c1ccc(Cl)cc1)N1CCCCC1CCN1CCCCCC1. The van der Waals surface area contributed by atoms with Crippen LogP contribution in [0.5, 0.6) is 0 Å². The van der Waals surface area contributed by atoms with E-state index in [4.69, 9.17) is 11.6 Å². The first kappa shape index (κ1) is 17.8. The van der Waals surface area contributed by atoms with Crippen molar-refractivity contribution in [3.8, 4) is 0 Å². The van der Waals surface area contributed by atoms with Crippen molar-refractivity contribution < 1.29 is 4.79 Å². The Labute approximate surface area is 151 Å². The number of benzene rings is 1. The molecule has 0 spiro atoms. The Bertz CT molecular complexity index is 523. The number of carbonyl (C=O) groups excluding carboxylic acids is 1. The lowest BCUT2D eigenvalue weighted by Crippen LogP contribution is -2.45. The summed E-state index contributed by atoms with van der Waals surface area (Å²) in [6, 6.07) is 7.72. The quantitative estimate of drug-likeness (QED) is 0.793. The molecule has 0 saturated carbocycles. The summed E-state index contributed by atoms with van der Waals surface area (Å²) in [5.74, 6) is 0.173. The zero-order valence-electron chi connectivity index (χ0n) is 14.6. The van der Waals surface area contributed by atoms with Gasteiger partial charge < -0.3 is 9.80 Å². The summed E-state index contributed by atoms with van der Waals surface area (Å²) in [4.78, 5) is 17.6. The van der Waals surface area contributed by atoms with Crippen molar-refractivity contribution in [3.63, 3.8) is 0 Å². The van der Waals surface area contributed by atoms with Crippen LogP contribution >= 0.6 is 11.6 Å². The van der Waals surface area contributed by atoms with Crippen molar-refractivity contribution in [1.29, 1.82) is 0 Å². The van der Waals surface area contributed by atoms with E-state index >= 15 is 0 Å². The number of hydrogen-bond donors (Lipinski definition) is 0. The fourth-order valence-corrected chi connectivity index (χ4v) is 4.14. The molecule has 24 heavy (non-hydrogen) atoms. The van der Waals surface area contributed by atoms with E-state index in [0.717, 1.165) is 37.9 Å². The maximum absolute atomic E-state index is 12.9. The van der Waals surface area contributed by atoms with Crippen LogP contribution in [0.15, 0.2) is 24.3 Å². The molecule has 2 saturated heterocycles. The number of rotatable bonds is 4. The molecule has 0 N–H and O–H groups in total. The van der Waals surface area contributed by atoms with E-state index in [-0.39, 0.29) is 5.91 Å². The molecule has 0 bridgehead atoms. The smallest absolute Gasteiger partial charge is 0.254 e. The molecule has 2 aliphatic heterocycles. The van der Waals surface area contributed by atoms with Gasteiger partial charge in [0, 0.05) is 29.7 Å². The highest BCUT2D eigenvalue weighted by molar-refractivity contribution is 6.30. The van der Waals surface area contributed by atoms with E-state index in [1.807, 2.05) is 24.3 Å². The van der Waals surface area contributed by atoms with Crippen molar-refractivity contribution in [2.75, 3.05) is 26.2 Å². The summed E-state index contributed by atoms with van der Waals surface area (Å²) >= 11 is 5.95. The monoisotopic (exact) mass is 348 g/mol. The third kappa shape index (κ3) is 4.73. The minimum atomic E-state index is 0.173. The van der Waals surface area contributed by atoms with E-state index in [1.165, 1.54) is 45.2 Å². The van der Waals surface area contributed by atoms with Crippen LogP contribution in [0.3, 0.4) is 0 Å². The predicted molar refractivity (Wildman–Crippen MR) is 99.7 cm³/mol. The van der Waals surface area contributed by atoms with Gasteiger partial charge in [-0.15, -0.1) is 0 Å². The fourth-order valence-electron chi connectivity index (χ4n) is 4.02. The van der Waals surface area contributed by atoms with Gasteiger partial charge in [0.05, 0.1) is 0 Å². The maximum atomic E-state index is 12.9. The van der Waals surface area contributed by atoms with Crippen LogP contribution in [0.25, 0.3) is 0 Å². The van der Waals surface area contributed by atoms with Gasteiger partial charge in [0.2, 0.25) is 0 Å². The molecule has 3 nitrogen and oxygen atoms in total. The molecule has 2 fully saturated rings. The van der Waals surface area contributed by atoms with E-state index < -0.39 is 0 Å². The molecule has 0 aliphatic carbocycles. The molecule has 2 heterocycles. The van der Waals surface area contributed by atoms with Gasteiger partial charge in [-0.25, -0.2) is 0 Å². The highest BCUT2D eigenvalue weighted by Crippen LogP contribution is 2.23. The maximum Gasteiger partial charge on any atom is 0.254 e. The summed E-state index contributed by atoms with van der Waals surface area (Å²) in [6.07, 6.45) is 10.0. The molecule has 1 atom stereocenters. The number of likely N-dealkylation sites (tertiary alicyclic amines) is 2. The molecule has 4 heteroatoms. The Balaban J connectivity index is 1.60. The summed E-state index contributed by atoms with van der Waals surface area (Å²) in [5.41, 5.74) is 0.765. The highest BCUT2D eigenvalue weighted by Gasteiger charge is 2.27. The number of amides is 1. The summed E-state index contributed by atoms with van der Waals surface area (Å²) in [5, 5.41) is 0.683. The molecule has 2 aliphatic rings. The zero-order chi connectivity index (χ0) is 16.8. The molecule has 1 aromatic carbocycles. The average molecular weight is 349 g/mol. The lowest BCUT2D eigenvalue weighted by Gasteiger charge is -2.37. The van der Waals surface area contributed by atoms with Crippen LogP contribution in [0.4, 0.5) is 0 Å². The van der Waals surface area contributed by atoms with E-state index in [2.05, 4.69) is 9.80 Å². The van der Waals surface area contributed by atoms with Gasteiger partial charge >= 0.3 is 0 Å². The van der Waals surface area contributed by atoms with Gasteiger partial charge in [-0.1, -0.05) is 24.4 Å². The van der Waals surface area contributed by atoms with Crippen molar-refractivity contribution in [2.45, 2.75) is 57.4 Å². The second-order valence-electron chi connectivity index (χ2n) is 7.20. The van der Waals surface area contributed by atoms with Crippen LogP contribution in [0.2, 0.25) is 5.02 Å². The highest BCUT2D eigenvalue weighted by atomic mass is 35.5. The van der Waals surface area contributed by atoms with Crippen LogP contribution < -0.4 is 0 Å². The third-order valence-corrected chi connectivity index (χ3v) is 5.71. The molecule has 1 unspecified atom stereocenters. The van der Waals surface area contributed by atoms with Crippen LogP contribution in [-0.4, -0.2) is 47.9 Å². The zero-order valence-corrected chi connectivity index (χ0v) is 15.3. The number of carbonyl (C=O) groups is 1. The lowest BCUT2D eigenvalue weighted by atomic mass is 9.98. The van der Waals surface area contributed by atoms with Crippen LogP contribution in [0, 0.1) is 0 Å². The number of hydrogen-bond acceptors (Lipinski definition) is 2. The van der Waals surface area contributed by atoms with E-state index in [9.17, 15) is 4.79 Å². The van der Waals surface area contributed by atoms with Crippen molar-refractivity contribution in [1.82, 2.24) is 9.80 Å². The summed E-state index contributed by atoms with van der Waals surface area (Å²) in [6.45, 7) is 4.50. The summed E-state index contributed by atoms with van der Waals surface area (Å²) < 4.78 is 0. The second-order valence-corrected chi connectivity index (χ2v) is 7.64. The average Bonchev–Trinajstić information content (AvgIpc) is 2.89. The molecule has 0 aromatic heterocycles. The first-order valence-corrected chi connectivity index (χ1v) is 9.91.